The van der Waals surface area contributed by atoms with Crippen LogP contribution in [0.2, 0.25) is 10.0 Å². The van der Waals surface area contributed by atoms with Crippen LogP contribution >= 0.6 is 23.2 Å². The molecule has 3 N–H and O–H groups in total. The predicted octanol–water partition coefficient (Wildman–Crippen LogP) is 9.04. The minimum atomic E-state index is -0.403. The zero-order chi connectivity index (χ0) is 38.9. The van der Waals surface area contributed by atoms with Gasteiger partial charge in [0, 0.05) is 70.4 Å². The smallest absolute Gasteiger partial charge is 0.410 e. The summed E-state index contributed by atoms with van der Waals surface area (Å²) in [6.45, 7) is 4.52. The molecule has 2 aromatic heterocycles. The number of amides is 3. The third-order valence-electron chi connectivity index (χ3n) is 10.8. The average molecular weight is 791 g/mol. The Hall–Kier alpha value is -5.78. The van der Waals surface area contributed by atoms with E-state index >= 15 is 0 Å². The molecule has 2 aliphatic rings. The highest BCUT2D eigenvalue weighted by Crippen LogP contribution is 2.42. The van der Waals surface area contributed by atoms with Gasteiger partial charge in [-0.05, 0) is 74.2 Å². The molecule has 11 nitrogen and oxygen atoms in total. The molecule has 286 valence electrons. The number of aromatic amines is 1. The molecule has 4 aromatic carbocycles. The summed E-state index contributed by atoms with van der Waals surface area (Å²) in [6, 6.07) is 28.4. The van der Waals surface area contributed by atoms with Crippen molar-refractivity contribution in [3.05, 3.63) is 124 Å². The van der Waals surface area contributed by atoms with Gasteiger partial charge in [-0.3, -0.25) is 9.59 Å². The lowest BCUT2D eigenvalue weighted by molar-refractivity contribution is 0.0499. The van der Waals surface area contributed by atoms with Crippen LogP contribution in [-0.2, 0) is 4.74 Å². The first-order chi connectivity index (χ1) is 27.2. The van der Waals surface area contributed by atoms with Crippen molar-refractivity contribution in [3.63, 3.8) is 0 Å². The number of nitrogens with zero attached hydrogens (tertiary/aromatic N) is 4. The minimum absolute atomic E-state index is 0.0712. The van der Waals surface area contributed by atoms with Gasteiger partial charge in [0.05, 0.1) is 41.7 Å². The molecule has 8 rings (SSSR count). The van der Waals surface area contributed by atoms with Crippen molar-refractivity contribution in [3.8, 4) is 22.5 Å². The summed E-state index contributed by atoms with van der Waals surface area (Å²) in [5.41, 5.74) is 6.67. The molecular formula is C43H41Cl2N7O4. The molecule has 3 amide bonds. The summed E-state index contributed by atoms with van der Waals surface area (Å²) < 4.78 is 7.40. The van der Waals surface area contributed by atoms with Crippen molar-refractivity contribution in [2.45, 2.75) is 38.3 Å². The predicted molar refractivity (Wildman–Crippen MR) is 221 cm³/mol. The van der Waals surface area contributed by atoms with Crippen LogP contribution in [0, 0.1) is 0 Å². The topological polar surface area (TPSA) is 125 Å². The number of nitrogens with one attached hydrogen (secondary N) is 3. The van der Waals surface area contributed by atoms with E-state index in [-0.39, 0.29) is 24.1 Å². The van der Waals surface area contributed by atoms with E-state index < -0.39 is 5.91 Å². The summed E-state index contributed by atoms with van der Waals surface area (Å²) in [6.07, 6.45) is 3.85. The number of imidazole rings is 1. The van der Waals surface area contributed by atoms with E-state index in [4.69, 9.17) is 32.9 Å². The second-order valence-corrected chi connectivity index (χ2v) is 15.0. The Morgan fingerprint density at radius 1 is 0.911 bits per heavy atom. The van der Waals surface area contributed by atoms with E-state index in [1.165, 1.54) is 0 Å². The number of carbonyl (C=O) groups is 3. The van der Waals surface area contributed by atoms with E-state index in [0.717, 1.165) is 47.2 Å². The van der Waals surface area contributed by atoms with Gasteiger partial charge in [-0.1, -0.05) is 71.7 Å². The van der Waals surface area contributed by atoms with Gasteiger partial charge in [-0.25, -0.2) is 9.78 Å². The molecule has 2 saturated heterocycles. The second-order valence-electron chi connectivity index (χ2n) is 14.2. The molecular weight excluding hydrogens is 749 g/mol. The molecule has 0 radical (unpaired) electrons. The van der Waals surface area contributed by atoms with Gasteiger partial charge in [-0.2, -0.15) is 0 Å². The van der Waals surface area contributed by atoms with Gasteiger partial charge in [0.1, 0.15) is 5.69 Å². The Morgan fingerprint density at radius 2 is 1.66 bits per heavy atom. The normalized spacial score (nSPS) is 15.5. The van der Waals surface area contributed by atoms with E-state index in [2.05, 4.69) is 32.0 Å². The zero-order valence-electron chi connectivity index (χ0n) is 31.0. The number of cyclic esters (lactones) is 1. The maximum atomic E-state index is 14.9. The third-order valence-corrected chi connectivity index (χ3v) is 11.3. The third kappa shape index (κ3) is 7.20. The number of fused-ring (bicyclic) bond motifs is 1. The fraction of sp³-hybridized carbons (Fsp3) is 0.256. The molecule has 0 saturated carbocycles. The van der Waals surface area contributed by atoms with Crippen LogP contribution < -0.4 is 15.5 Å². The molecule has 4 heterocycles. The highest BCUT2D eigenvalue weighted by atomic mass is 35.5. The van der Waals surface area contributed by atoms with Crippen LogP contribution in [0.5, 0.6) is 0 Å². The fourth-order valence-corrected chi connectivity index (χ4v) is 8.20. The summed E-state index contributed by atoms with van der Waals surface area (Å²) in [5, 5.41) is 7.84. The number of hydrogen-bond donors (Lipinski definition) is 3. The van der Waals surface area contributed by atoms with Crippen molar-refractivity contribution in [1.29, 1.82) is 0 Å². The average Bonchev–Trinajstić information content (AvgIpc) is 3.83. The summed E-state index contributed by atoms with van der Waals surface area (Å²) in [4.78, 5) is 52.7. The van der Waals surface area contributed by atoms with E-state index in [9.17, 15) is 14.4 Å². The van der Waals surface area contributed by atoms with Crippen LogP contribution in [-0.4, -0.2) is 76.7 Å². The molecule has 2 fully saturated rings. The maximum absolute atomic E-state index is 14.9. The standard InChI is InChI=1S/C43H41Cl2N7O4/c1-26(27-9-12-30(44)13-10-27)52-25-47-38(28-7-4-3-5-8-28)40(52)37-33-15-14-31(45)24-34(33)48-39(37)42(54)49-35-23-29(41(53)46-2)11-16-36(35)50-20-17-32(18-21-50)51-19-6-22-56-43(51)55/h3-5,7-16,23-26,32,48H,6,17-22H2,1-2H3,(H,46,53)(H,49,54). The molecule has 0 spiro atoms. The zero-order valence-corrected chi connectivity index (χ0v) is 32.5. The Morgan fingerprint density at radius 3 is 2.39 bits per heavy atom. The first-order valence-corrected chi connectivity index (χ1v) is 19.5. The Kier molecular flexibility index (Phi) is 10.5. The van der Waals surface area contributed by atoms with Gasteiger partial charge >= 0.3 is 6.09 Å². The number of benzene rings is 4. The number of halogens is 2. The lowest BCUT2D eigenvalue weighted by atomic mass is 9.99. The first kappa shape index (κ1) is 37.2. The Bertz CT molecular complexity index is 2420. The molecule has 2 aliphatic heterocycles. The number of carbonyl (C=O) groups excluding carboxylic acids is 3. The molecule has 56 heavy (non-hydrogen) atoms. The van der Waals surface area contributed by atoms with E-state index in [1.54, 1.807) is 19.2 Å². The van der Waals surface area contributed by atoms with Crippen LogP contribution in [0.3, 0.4) is 0 Å². The van der Waals surface area contributed by atoms with E-state index in [1.807, 2.05) is 90.1 Å². The second kappa shape index (κ2) is 15.8. The monoisotopic (exact) mass is 789 g/mol. The highest BCUT2D eigenvalue weighted by molar-refractivity contribution is 6.31. The van der Waals surface area contributed by atoms with Crippen molar-refractivity contribution in [2.75, 3.05) is 43.5 Å². The number of ether oxygens (including phenoxy) is 1. The van der Waals surface area contributed by atoms with Gasteiger partial charge in [0.15, 0.2) is 0 Å². The molecule has 1 unspecified atom stereocenters. The molecule has 1 atom stereocenters. The highest BCUT2D eigenvalue weighted by Gasteiger charge is 2.32. The SMILES string of the molecule is CNC(=O)c1ccc(N2CCC(N3CCCOC3=O)CC2)c(NC(=O)c2[nH]c3cc(Cl)ccc3c2-c2c(-c3ccccc3)ncn2C(C)c2ccc(Cl)cc2)c1. The van der Waals surface area contributed by atoms with E-state index in [0.29, 0.717) is 70.0 Å². The Balaban J connectivity index is 1.22. The van der Waals surface area contributed by atoms with Gasteiger partial charge in [0.2, 0.25) is 0 Å². The van der Waals surface area contributed by atoms with Crippen LogP contribution in [0.1, 0.15) is 58.6 Å². The van der Waals surface area contributed by atoms with Crippen molar-refractivity contribution < 1.29 is 19.1 Å². The molecule has 0 aliphatic carbocycles. The van der Waals surface area contributed by atoms with Crippen LogP contribution in [0.25, 0.3) is 33.4 Å². The molecule has 13 heteroatoms. The van der Waals surface area contributed by atoms with Gasteiger partial charge < -0.3 is 34.7 Å². The largest absolute Gasteiger partial charge is 0.449 e. The van der Waals surface area contributed by atoms with Crippen LogP contribution in [0.4, 0.5) is 16.2 Å². The van der Waals surface area contributed by atoms with Crippen molar-refractivity contribution in [2.24, 2.45) is 0 Å². The van der Waals surface area contributed by atoms with Gasteiger partial charge in [-0.15, -0.1) is 0 Å². The number of rotatable bonds is 9. The lowest BCUT2D eigenvalue weighted by Gasteiger charge is -2.40. The fourth-order valence-electron chi connectivity index (χ4n) is 7.90. The van der Waals surface area contributed by atoms with Crippen LogP contribution in [0.15, 0.2) is 97.3 Å². The quantitative estimate of drug-likeness (QED) is 0.134. The molecule has 0 bridgehead atoms. The first-order valence-electron chi connectivity index (χ1n) is 18.7. The maximum Gasteiger partial charge on any atom is 0.410 e. The summed E-state index contributed by atoms with van der Waals surface area (Å²) in [7, 11) is 1.57. The number of piperidine rings is 1. The number of anilines is 2. The van der Waals surface area contributed by atoms with Crippen molar-refractivity contribution in [1.82, 2.24) is 24.8 Å². The van der Waals surface area contributed by atoms with Gasteiger partial charge in [0.25, 0.3) is 11.8 Å². The number of hydrogen-bond acceptors (Lipinski definition) is 6. The minimum Gasteiger partial charge on any atom is -0.449 e. The number of H-pyrrole nitrogens is 1. The summed E-state index contributed by atoms with van der Waals surface area (Å²) in [5.74, 6) is -0.678. The van der Waals surface area contributed by atoms with Crippen molar-refractivity contribution >= 4 is 63.4 Å². The number of aromatic nitrogens is 3. The summed E-state index contributed by atoms with van der Waals surface area (Å²) >= 11 is 12.8. The molecule has 6 aromatic rings. The Labute approximate surface area is 334 Å². The lowest BCUT2D eigenvalue weighted by Crippen LogP contribution is -2.50.